The molecule has 0 spiro atoms. The summed E-state index contributed by atoms with van der Waals surface area (Å²) in [4.78, 5) is 28.6. The number of carbonyl (C=O) groups is 2. The number of hydrogen-bond acceptors (Lipinski definition) is 3. The van der Waals surface area contributed by atoms with E-state index in [0.717, 1.165) is 16.9 Å². The number of hydrogen-bond donors (Lipinski definition) is 2. The van der Waals surface area contributed by atoms with Gasteiger partial charge in [0.1, 0.15) is 18.2 Å². The fourth-order valence-corrected chi connectivity index (χ4v) is 2.90. The molecule has 0 radical (unpaired) electrons. The second-order valence-corrected chi connectivity index (χ2v) is 6.41. The minimum Gasteiger partial charge on any atom is -0.318 e. The van der Waals surface area contributed by atoms with E-state index in [1.807, 2.05) is 35.8 Å². The van der Waals surface area contributed by atoms with E-state index in [9.17, 15) is 14.0 Å². The van der Waals surface area contributed by atoms with Gasteiger partial charge in [0, 0.05) is 12.5 Å². The molecule has 2 aromatic carbocycles. The molecular weight excluding hydrogens is 383 g/mol. The van der Waals surface area contributed by atoms with E-state index in [0.29, 0.717) is 12.0 Å². The largest absolute Gasteiger partial charge is 0.318 e. The van der Waals surface area contributed by atoms with Crippen LogP contribution in [-0.2, 0) is 22.6 Å². The summed E-state index contributed by atoms with van der Waals surface area (Å²) in [5, 5.41) is -0.0323. The maximum atomic E-state index is 13.1. The molecule has 1 aromatic heterocycles. The molecule has 0 saturated heterocycles. The Balaban J connectivity index is 1.59. The molecule has 144 valence electrons. The summed E-state index contributed by atoms with van der Waals surface area (Å²) in [6.45, 7) is 1.99. The van der Waals surface area contributed by atoms with Gasteiger partial charge in [-0.15, -0.1) is 0 Å². The molecule has 8 heteroatoms. The molecule has 0 aliphatic rings. The molecule has 2 N–H and O–H groups in total. The topological polar surface area (TPSA) is 76.0 Å². The minimum atomic E-state index is -0.533. The van der Waals surface area contributed by atoms with Crippen LogP contribution in [0.15, 0.2) is 48.5 Å². The normalized spacial score (nSPS) is 11.1. The highest BCUT2D eigenvalue weighted by Gasteiger charge is 2.12. The Morgan fingerprint density at radius 3 is 2.75 bits per heavy atom. The summed E-state index contributed by atoms with van der Waals surface area (Å²) >= 11 is 5.69. The number of fused-ring (bicyclic) bond motifs is 1. The Morgan fingerprint density at radius 1 is 1.21 bits per heavy atom. The average Bonchev–Trinajstić information content (AvgIpc) is 3.05. The van der Waals surface area contributed by atoms with Crippen molar-refractivity contribution in [1.29, 1.82) is 0 Å². The number of benzene rings is 2. The van der Waals surface area contributed by atoms with Crippen LogP contribution in [0.25, 0.3) is 17.1 Å². The summed E-state index contributed by atoms with van der Waals surface area (Å²) in [6, 6.07) is 11.6. The number of carbonyl (C=O) groups excluding carboxylic acids is 2. The van der Waals surface area contributed by atoms with E-state index in [4.69, 9.17) is 11.6 Å². The number of aryl methyl sites for hydroxylation is 1. The predicted molar refractivity (Wildman–Crippen MR) is 106 cm³/mol. The summed E-state index contributed by atoms with van der Waals surface area (Å²) in [5.41, 5.74) is 6.91. The van der Waals surface area contributed by atoms with Crippen molar-refractivity contribution in [3.63, 3.8) is 0 Å². The van der Waals surface area contributed by atoms with Crippen molar-refractivity contribution in [2.45, 2.75) is 19.9 Å². The van der Waals surface area contributed by atoms with Crippen molar-refractivity contribution < 1.29 is 14.0 Å². The maximum absolute atomic E-state index is 13.1. The molecule has 0 fully saturated rings. The number of rotatable bonds is 5. The smallest absolute Gasteiger partial charge is 0.262 e. The molecule has 0 aliphatic heterocycles. The molecule has 0 aliphatic carbocycles. The van der Waals surface area contributed by atoms with Crippen LogP contribution in [0.1, 0.15) is 18.3 Å². The number of nitrogens with one attached hydrogen (secondary N) is 2. The van der Waals surface area contributed by atoms with Gasteiger partial charge in [-0.1, -0.05) is 36.7 Å². The number of aromatic nitrogens is 2. The lowest BCUT2D eigenvalue weighted by Crippen LogP contribution is -2.42. The van der Waals surface area contributed by atoms with E-state index in [2.05, 4.69) is 15.8 Å². The third-order valence-electron chi connectivity index (χ3n) is 4.05. The first-order valence-corrected chi connectivity index (χ1v) is 9.02. The van der Waals surface area contributed by atoms with E-state index in [1.165, 1.54) is 30.4 Å². The Kier molecular flexibility index (Phi) is 6.06. The van der Waals surface area contributed by atoms with Gasteiger partial charge in [-0.25, -0.2) is 9.37 Å². The zero-order chi connectivity index (χ0) is 20.1. The monoisotopic (exact) mass is 400 g/mol. The molecule has 2 amide bonds. The predicted octanol–water partition coefficient (Wildman–Crippen LogP) is 3.25. The van der Waals surface area contributed by atoms with Crippen LogP contribution < -0.4 is 10.9 Å². The van der Waals surface area contributed by atoms with Crippen LogP contribution in [-0.4, -0.2) is 21.4 Å². The van der Waals surface area contributed by atoms with Crippen molar-refractivity contribution in [2.24, 2.45) is 0 Å². The third kappa shape index (κ3) is 4.55. The Hall–Kier alpha value is -3.19. The minimum absolute atomic E-state index is 0.0290. The summed E-state index contributed by atoms with van der Waals surface area (Å²) in [5.74, 6) is -0.658. The van der Waals surface area contributed by atoms with Crippen LogP contribution >= 0.6 is 11.6 Å². The van der Waals surface area contributed by atoms with Gasteiger partial charge in [0.2, 0.25) is 0 Å². The SMILES string of the molecule is CCc1nc2ccccc2n1CC(=O)NNC(=O)/C=C/c1ccc(F)c(Cl)c1. The number of halogens is 2. The molecule has 28 heavy (non-hydrogen) atoms. The fourth-order valence-electron chi connectivity index (χ4n) is 2.72. The van der Waals surface area contributed by atoms with Crippen molar-refractivity contribution in [1.82, 2.24) is 20.4 Å². The summed E-state index contributed by atoms with van der Waals surface area (Å²) in [6.07, 6.45) is 3.36. The van der Waals surface area contributed by atoms with Gasteiger partial charge in [-0.05, 0) is 35.9 Å². The second kappa shape index (κ2) is 8.67. The van der Waals surface area contributed by atoms with E-state index in [1.54, 1.807) is 0 Å². The van der Waals surface area contributed by atoms with Gasteiger partial charge in [0.05, 0.1) is 16.1 Å². The highest BCUT2D eigenvalue weighted by Crippen LogP contribution is 2.17. The molecule has 0 bridgehead atoms. The Morgan fingerprint density at radius 2 is 2.00 bits per heavy atom. The first-order chi connectivity index (χ1) is 13.5. The molecule has 6 nitrogen and oxygen atoms in total. The number of imidazole rings is 1. The number of para-hydroxylation sites is 2. The lowest BCUT2D eigenvalue weighted by molar-refractivity contribution is -0.127. The number of nitrogens with zero attached hydrogens (tertiary/aromatic N) is 2. The lowest BCUT2D eigenvalue weighted by Gasteiger charge is -2.09. The molecule has 0 unspecified atom stereocenters. The van der Waals surface area contributed by atoms with Crippen molar-refractivity contribution >= 4 is 40.5 Å². The van der Waals surface area contributed by atoms with Crippen LogP contribution in [0.5, 0.6) is 0 Å². The number of amides is 2. The molecular formula is C20H18ClFN4O2. The fraction of sp³-hybridized carbons (Fsp3) is 0.150. The van der Waals surface area contributed by atoms with Gasteiger partial charge in [0.15, 0.2) is 0 Å². The first kappa shape index (κ1) is 19.6. The van der Waals surface area contributed by atoms with Gasteiger partial charge in [-0.2, -0.15) is 0 Å². The maximum Gasteiger partial charge on any atom is 0.262 e. The van der Waals surface area contributed by atoms with Gasteiger partial charge < -0.3 is 4.57 Å². The lowest BCUT2D eigenvalue weighted by atomic mass is 10.2. The van der Waals surface area contributed by atoms with Gasteiger partial charge >= 0.3 is 0 Å². The zero-order valence-corrected chi connectivity index (χ0v) is 15.8. The Bertz CT molecular complexity index is 1060. The molecule has 3 aromatic rings. The van der Waals surface area contributed by atoms with Gasteiger partial charge in [-0.3, -0.25) is 20.4 Å². The van der Waals surface area contributed by atoms with E-state index < -0.39 is 11.7 Å². The third-order valence-corrected chi connectivity index (χ3v) is 4.34. The van der Waals surface area contributed by atoms with Crippen LogP contribution in [0.3, 0.4) is 0 Å². The highest BCUT2D eigenvalue weighted by atomic mass is 35.5. The first-order valence-electron chi connectivity index (χ1n) is 8.64. The van der Waals surface area contributed by atoms with E-state index in [-0.39, 0.29) is 17.5 Å². The second-order valence-electron chi connectivity index (χ2n) is 6.00. The van der Waals surface area contributed by atoms with Crippen LogP contribution in [0.4, 0.5) is 4.39 Å². The van der Waals surface area contributed by atoms with Gasteiger partial charge in [0.25, 0.3) is 11.8 Å². The summed E-state index contributed by atoms with van der Waals surface area (Å²) in [7, 11) is 0. The quantitative estimate of drug-likeness (QED) is 0.510. The van der Waals surface area contributed by atoms with Crippen molar-refractivity contribution in [3.8, 4) is 0 Å². The highest BCUT2D eigenvalue weighted by molar-refractivity contribution is 6.30. The van der Waals surface area contributed by atoms with E-state index >= 15 is 0 Å². The Labute approximate surface area is 166 Å². The molecule has 0 saturated carbocycles. The van der Waals surface area contributed by atoms with Crippen molar-refractivity contribution in [3.05, 3.63) is 70.8 Å². The summed E-state index contributed by atoms with van der Waals surface area (Å²) < 4.78 is 14.9. The number of hydrazine groups is 1. The van der Waals surface area contributed by atoms with Crippen LogP contribution in [0, 0.1) is 5.82 Å². The van der Waals surface area contributed by atoms with Crippen LogP contribution in [0.2, 0.25) is 5.02 Å². The average molecular weight is 401 g/mol. The molecule has 1 heterocycles. The zero-order valence-electron chi connectivity index (χ0n) is 15.1. The van der Waals surface area contributed by atoms with Crippen molar-refractivity contribution in [2.75, 3.05) is 0 Å². The molecule has 0 atom stereocenters. The standard InChI is InChI=1S/C20H18ClFN4O2/c1-2-18-23-16-5-3-4-6-17(16)26(18)12-20(28)25-24-19(27)10-8-13-7-9-15(22)14(21)11-13/h3-11H,2,12H2,1H3,(H,24,27)(H,25,28)/b10-8+. The molecule has 3 rings (SSSR count).